The number of ether oxygens (including phenoxy) is 2. The van der Waals surface area contributed by atoms with Crippen LogP contribution in [-0.2, 0) is 13.2 Å². The molecular weight excluding hydrogens is 474 g/mol. The monoisotopic (exact) mass is 499 g/mol. The van der Waals surface area contributed by atoms with Crippen LogP contribution in [0.5, 0.6) is 11.5 Å². The van der Waals surface area contributed by atoms with Gasteiger partial charge in [0.1, 0.15) is 29.9 Å². The van der Waals surface area contributed by atoms with Crippen molar-refractivity contribution in [2.24, 2.45) is 0 Å². The number of carbonyl (C=O) groups is 1. The normalized spacial score (nSPS) is 13.8. The molecule has 1 fully saturated rings. The number of hydrogen-bond donors (Lipinski definition) is 0. The van der Waals surface area contributed by atoms with Gasteiger partial charge in [-0.25, -0.2) is 0 Å². The zero-order valence-corrected chi connectivity index (χ0v) is 20.3. The Kier molecular flexibility index (Phi) is 7.14. The molecule has 2 aromatic carbocycles. The summed E-state index contributed by atoms with van der Waals surface area (Å²) < 4.78 is 22.0. The Morgan fingerprint density at radius 1 is 1.05 bits per heavy atom. The summed E-state index contributed by atoms with van der Waals surface area (Å²) in [6.45, 7) is 3.10. The summed E-state index contributed by atoms with van der Waals surface area (Å²) in [6.07, 6.45) is 0. The van der Waals surface area contributed by atoms with Crippen LogP contribution in [0.25, 0.3) is 11.4 Å². The van der Waals surface area contributed by atoms with Crippen LogP contribution < -0.4 is 9.47 Å². The summed E-state index contributed by atoms with van der Waals surface area (Å²) >= 11 is 0. The van der Waals surface area contributed by atoms with Crippen molar-refractivity contribution in [2.45, 2.75) is 13.2 Å². The first-order chi connectivity index (χ1) is 18.1. The number of amides is 1. The van der Waals surface area contributed by atoms with Gasteiger partial charge in [-0.2, -0.15) is 10.2 Å². The number of nitriles is 1. The van der Waals surface area contributed by atoms with E-state index >= 15 is 0 Å². The average Bonchev–Trinajstić information content (AvgIpc) is 3.62. The smallest absolute Gasteiger partial charge is 0.289 e. The Labute approximate surface area is 213 Å². The van der Waals surface area contributed by atoms with Crippen molar-refractivity contribution in [1.82, 2.24) is 19.9 Å². The number of nitrogens with zero attached hydrogens (tertiary/aromatic N) is 5. The summed E-state index contributed by atoms with van der Waals surface area (Å²) in [5.74, 6) is 2.91. The Bertz CT molecular complexity index is 1400. The molecule has 1 aliphatic heterocycles. The second-order valence-electron chi connectivity index (χ2n) is 8.47. The lowest BCUT2D eigenvalue weighted by molar-refractivity contribution is 0.0581. The summed E-state index contributed by atoms with van der Waals surface area (Å²) in [6, 6.07) is 19.9. The largest absolute Gasteiger partial charge is 0.497 e. The molecule has 0 aliphatic carbocycles. The second-order valence-corrected chi connectivity index (χ2v) is 8.47. The van der Waals surface area contributed by atoms with Crippen molar-refractivity contribution < 1.29 is 23.2 Å². The molecular formula is C27H25N5O5. The summed E-state index contributed by atoms with van der Waals surface area (Å²) in [5, 5.41) is 13.3. The Morgan fingerprint density at radius 3 is 2.59 bits per heavy atom. The van der Waals surface area contributed by atoms with Gasteiger partial charge in [0.05, 0.1) is 19.2 Å². The maximum Gasteiger partial charge on any atom is 0.289 e. The van der Waals surface area contributed by atoms with E-state index in [2.05, 4.69) is 21.1 Å². The van der Waals surface area contributed by atoms with E-state index in [1.54, 1.807) is 48.4 Å². The Balaban J connectivity index is 1.11. The van der Waals surface area contributed by atoms with Gasteiger partial charge in [0.15, 0.2) is 5.76 Å². The van der Waals surface area contributed by atoms with E-state index in [9.17, 15) is 10.1 Å². The molecule has 1 aliphatic rings. The molecule has 10 heteroatoms. The topological polar surface area (TPSA) is 118 Å². The minimum absolute atomic E-state index is 0.127. The number of para-hydroxylation sites is 1. The van der Waals surface area contributed by atoms with Gasteiger partial charge in [-0.15, -0.1) is 0 Å². The minimum atomic E-state index is -0.164. The molecule has 3 heterocycles. The lowest BCUT2D eigenvalue weighted by atomic mass is 10.2. The minimum Gasteiger partial charge on any atom is -0.497 e. The van der Waals surface area contributed by atoms with Crippen molar-refractivity contribution in [3.63, 3.8) is 0 Å². The number of methoxy groups -OCH3 is 1. The molecule has 10 nitrogen and oxygen atoms in total. The van der Waals surface area contributed by atoms with E-state index in [4.69, 9.17) is 18.4 Å². The van der Waals surface area contributed by atoms with Crippen LogP contribution >= 0.6 is 0 Å². The highest BCUT2D eigenvalue weighted by Gasteiger charge is 2.25. The average molecular weight is 500 g/mol. The van der Waals surface area contributed by atoms with Crippen molar-refractivity contribution in [2.75, 3.05) is 33.3 Å². The van der Waals surface area contributed by atoms with E-state index in [0.29, 0.717) is 61.5 Å². The first-order valence-electron chi connectivity index (χ1n) is 11.8. The standard InChI is InChI=1S/C27H25N5O5/c1-34-21-8-6-19(7-9-21)26-29-25(37-30-26)17-31-12-14-32(15-13-31)27(33)24-11-10-22(36-24)18-35-23-5-3-2-4-20(23)16-28/h2-11H,12-15,17-18H2,1H3. The highest BCUT2D eigenvalue weighted by molar-refractivity contribution is 5.91. The van der Waals surface area contributed by atoms with Gasteiger partial charge >= 0.3 is 0 Å². The van der Waals surface area contributed by atoms with Crippen molar-refractivity contribution >= 4 is 5.91 Å². The fraction of sp³-hybridized carbons (Fsp3) is 0.259. The van der Waals surface area contributed by atoms with E-state index in [0.717, 1.165) is 11.3 Å². The number of carbonyl (C=O) groups excluding carboxylic acids is 1. The van der Waals surface area contributed by atoms with Crippen LogP contribution in [0.15, 0.2) is 69.6 Å². The van der Waals surface area contributed by atoms with E-state index in [1.165, 1.54) is 0 Å². The van der Waals surface area contributed by atoms with Gasteiger partial charge in [0.2, 0.25) is 11.7 Å². The fourth-order valence-corrected chi connectivity index (χ4v) is 4.04. The van der Waals surface area contributed by atoms with Crippen molar-refractivity contribution in [3.05, 3.63) is 83.6 Å². The molecule has 37 heavy (non-hydrogen) atoms. The fourth-order valence-electron chi connectivity index (χ4n) is 4.04. The predicted octanol–water partition coefficient (Wildman–Crippen LogP) is 3.75. The molecule has 0 N–H and O–H groups in total. The van der Waals surface area contributed by atoms with Crippen LogP contribution in [0.3, 0.4) is 0 Å². The number of rotatable bonds is 8. The first-order valence-corrected chi connectivity index (χ1v) is 11.8. The Hall–Kier alpha value is -4.62. The van der Waals surface area contributed by atoms with Crippen molar-refractivity contribution in [1.29, 1.82) is 5.26 Å². The van der Waals surface area contributed by atoms with Gasteiger partial charge in [-0.1, -0.05) is 17.3 Å². The summed E-state index contributed by atoms with van der Waals surface area (Å²) in [5.41, 5.74) is 1.30. The molecule has 0 spiro atoms. The maximum atomic E-state index is 12.9. The SMILES string of the molecule is COc1ccc(-c2noc(CN3CCN(C(=O)c4ccc(COc5ccccc5C#N)o4)CC3)n2)cc1. The quantitative estimate of drug-likeness (QED) is 0.357. The molecule has 0 saturated carbocycles. The van der Waals surface area contributed by atoms with Gasteiger partial charge < -0.3 is 23.3 Å². The van der Waals surface area contributed by atoms with Gasteiger partial charge in [0, 0.05) is 31.7 Å². The van der Waals surface area contributed by atoms with E-state index in [1.807, 2.05) is 24.3 Å². The van der Waals surface area contributed by atoms with Crippen LogP contribution in [-0.4, -0.2) is 59.1 Å². The van der Waals surface area contributed by atoms with Crippen LogP contribution in [0.1, 0.15) is 27.8 Å². The van der Waals surface area contributed by atoms with Crippen LogP contribution in [0.2, 0.25) is 0 Å². The van der Waals surface area contributed by atoms with Crippen molar-refractivity contribution in [3.8, 4) is 29.0 Å². The molecule has 5 rings (SSSR count). The molecule has 0 atom stereocenters. The zero-order valence-electron chi connectivity index (χ0n) is 20.3. The van der Waals surface area contributed by atoms with Gasteiger partial charge in [0.25, 0.3) is 5.91 Å². The third-order valence-electron chi connectivity index (χ3n) is 6.08. The number of piperazine rings is 1. The Morgan fingerprint density at radius 2 is 1.84 bits per heavy atom. The third-order valence-corrected chi connectivity index (χ3v) is 6.08. The van der Waals surface area contributed by atoms with Gasteiger partial charge in [-0.05, 0) is 48.5 Å². The molecule has 0 unspecified atom stereocenters. The second kappa shape index (κ2) is 11.0. The third kappa shape index (κ3) is 5.63. The van der Waals surface area contributed by atoms with Crippen LogP contribution in [0.4, 0.5) is 0 Å². The molecule has 0 radical (unpaired) electrons. The number of benzene rings is 2. The lowest BCUT2D eigenvalue weighted by Gasteiger charge is -2.33. The highest BCUT2D eigenvalue weighted by Crippen LogP contribution is 2.22. The molecule has 1 saturated heterocycles. The maximum absolute atomic E-state index is 12.9. The zero-order chi connectivity index (χ0) is 25.6. The lowest BCUT2D eigenvalue weighted by Crippen LogP contribution is -2.48. The summed E-state index contributed by atoms with van der Waals surface area (Å²) in [4.78, 5) is 21.4. The van der Waals surface area contributed by atoms with E-state index in [-0.39, 0.29) is 18.3 Å². The molecule has 2 aromatic heterocycles. The number of aromatic nitrogens is 2. The molecule has 1 amide bonds. The number of furan rings is 1. The molecule has 188 valence electrons. The summed E-state index contributed by atoms with van der Waals surface area (Å²) in [7, 11) is 1.62. The first kappa shape index (κ1) is 24.1. The van der Waals surface area contributed by atoms with Crippen LogP contribution in [0, 0.1) is 11.3 Å². The van der Waals surface area contributed by atoms with E-state index < -0.39 is 0 Å². The molecule has 0 bridgehead atoms. The highest BCUT2D eigenvalue weighted by atomic mass is 16.5. The van der Waals surface area contributed by atoms with Gasteiger partial charge in [-0.3, -0.25) is 9.69 Å². The number of hydrogen-bond acceptors (Lipinski definition) is 9. The predicted molar refractivity (Wildman–Crippen MR) is 132 cm³/mol. The molecule has 4 aromatic rings.